The summed E-state index contributed by atoms with van der Waals surface area (Å²) < 4.78 is 1.97. The molecule has 0 bridgehead atoms. The van der Waals surface area contributed by atoms with E-state index in [1.807, 2.05) is 67.2 Å². The van der Waals surface area contributed by atoms with Crippen LogP contribution in [0, 0.1) is 23.2 Å². The third-order valence-corrected chi connectivity index (χ3v) is 8.23. The molecule has 1 heterocycles. The summed E-state index contributed by atoms with van der Waals surface area (Å²) in [4.78, 5) is 13.1. The summed E-state index contributed by atoms with van der Waals surface area (Å²) in [6.07, 6.45) is 3.59. The molecule has 2 aliphatic carbocycles. The number of hydrogen-bond donors (Lipinski definition) is 1. The van der Waals surface area contributed by atoms with Crippen molar-refractivity contribution in [1.29, 1.82) is 5.26 Å². The SMILES string of the molecule is CC1C(=O)C(C#N)=C[C@]2(c3ccccc3)c3nn(C)c(-c4cccc(-c5ccc(N)cc5)c4)c3CCC12. The summed E-state index contributed by atoms with van der Waals surface area (Å²) in [7, 11) is 1.99. The average Bonchev–Trinajstić information content (AvgIpc) is 3.28. The van der Waals surface area contributed by atoms with Gasteiger partial charge in [0.05, 0.1) is 22.4 Å². The van der Waals surface area contributed by atoms with Crippen molar-refractivity contribution in [3.05, 3.63) is 107 Å². The van der Waals surface area contributed by atoms with E-state index in [1.54, 1.807) is 0 Å². The van der Waals surface area contributed by atoms with Gasteiger partial charge in [-0.2, -0.15) is 10.4 Å². The van der Waals surface area contributed by atoms with Gasteiger partial charge in [-0.25, -0.2) is 0 Å². The molecule has 0 aliphatic heterocycles. The Bertz CT molecular complexity index is 1590. The van der Waals surface area contributed by atoms with E-state index in [-0.39, 0.29) is 23.2 Å². The maximum absolute atomic E-state index is 13.1. The van der Waals surface area contributed by atoms with Crippen LogP contribution >= 0.6 is 0 Å². The van der Waals surface area contributed by atoms with Crippen LogP contribution in [0.15, 0.2) is 90.5 Å². The van der Waals surface area contributed by atoms with Crippen LogP contribution in [0.4, 0.5) is 5.69 Å². The van der Waals surface area contributed by atoms with Gasteiger partial charge in [-0.15, -0.1) is 0 Å². The Morgan fingerprint density at radius 2 is 1.73 bits per heavy atom. The lowest BCUT2D eigenvalue weighted by Gasteiger charge is -2.47. The largest absolute Gasteiger partial charge is 0.399 e. The van der Waals surface area contributed by atoms with Gasteiger partial charge in [-0.1, -0.05) is 67.6 Å². The number of aryl methyl sites for hydroxylation is 1. The molecule has 1 aromatic heterocycles. The van der Waals surface area contributed by atoms with Crippen LogP contribution in [0.5, 0.6) is 0 Å². The highest BCUT2D eigenvalue weighted by Gasteiger charge is 2.54. The van der Waals surface area contributed by atoms with Crippen molar-refractivity contribution in [3.8, 4) is 28.5 Å². The van der Waals surface area contributed by atoms with Crippen LogP contribution in [0.3, 0.4) is 0 Å². The smallest absolute Gasteiger partial charge is 0.176 e. The number of Topliss-reactive ketones (excluding diaryl/α,β-unsaturated/α-hetero) is 1. The molecule has 0 fully saturated rings. The first-order valence-corrected chi connectivity index (χ1v) is 12.7. The topological polar surface area (TPSA) is 84.7 Å². The highest BCUT2D eigenvalue weighted by atomic mass is 16.1. The van der Waals surface area contributed by atoms with Gasteiger partial charge in [0.25, 0.3) is 0 Å². The molecule has 3 atom stereocenters. The van der Waals surface area contributed by atoms with Crippen molar-refractivity contribution in [2.75, 3.05) is 5.73 Å². The highest BCUT2D eigenvalue weighted by Crippen LogP contribution is 2.54. The van der Waals surface area contributed by atoms with Gasteiger partial charge in [0.2, 0.25) is 0 Å². The lowest BCUT2D eigenvalue weighted by atomic mass is 9.54. The van der Waals surface area contributed by atoms with E-state index >= 15 is 0 Å². The highest BCUT2D eigenvalue weighted by molar-refractivity contribution is 6.02. The third kappa shape index (κ3) is 3.44. The molecule has 0 radical (unpaired) electrons. The number of hydrogen-bond acceptors (Lipinski definition) is 4. The predicted octanol–water partition coefficient (Wildman–Crippen LogP) is 5.85. The molecule has 0 spiro atoms. The van der Waals surface area contributed by atoms with Crippen molar-refractivity contribution >= 4 is 11.5 Å². The second-order valence-electron chi connectivity index (χ2n) is 10.2. The second-order valence-corrected chi connectivity index (χ2v) is 10.2. The van der Waals surface area contributed by atoms with Crippen LogP contribution < -0.4 is 5.73 Å². The van der Waals surface area contributed by atoms with E-state index in [9.17, 15) is 10.1 Å². The van der Waals surface area contributed by atoms with E-state index in [1.165, 1.54) is 5.56 Å². The quantitative estimate of drug-likeness (QED) is 0.370. The molecule has 0 amide bonds. The third-order valence-electron chi connectivity index (χ3n) is 8.23. The van der Waals surface area contributed by atoms with Crippen molar-refractivity contribution < 1.29 is 4.79 Å². The molecule has 5 heteroatoms. The number of fused-ring (bicyclic) bond motifs is 3. The Morgan fingerprint density at radius 3 is 2.46 bits per heavy atom. The summed E-state index contributed by atoms with van der Waals surface area (Å²) in [5, 5.41) is 15.0. The lowest BCUT2D eigenvalue weighted by molar-refractivity contribution is -0.121. The van der Waals surface area contributed by atoms with Gasteiger partial charge in [-0.3, -0.25) is 9.48 Å². The van der Waals surface area contributed by atoms with Gasteiger partial charge < -0.3 is 5.73 Å². The molecule has 0 saturated heterocycles. The molecular formula is C32H28N4O. The fraction of sp³-hybridized carbons (Fsp3) is 0.219. The number of carbonyl (C=O) groups excluding carboxylic acids is 1. The number of nitrogen functional groups attached to an aromatic ring is 1. The molecule has 2 N–H and O–H groups in total. The summed E-state index contributed by atoms with van der Waals surface area (Å²) in [6, 6.07) is 28.9. The summed E-state index contributed by atoms with van der Waals surface area (Å²) in [5.74, 6) is -0.280. The zero-order chi connectivity index (χ0) is 25.7. The Morgan fingerprint density at radius 1 is 1.00 bits per heavy atom. The fourth-order valence-electron chi connectivity index (χ4n) is 6.50. The number of nitriles is 1. The molecular weight excluding hydrogens is 456 g/mol. The molecule has 3 aromatic carbocycles. The van der Waals surface area contributed by atoms with Gasteiger partial charge in [-0.05, 0) is 59.7 Å². The Kier molecular flexibility index (Phi) is 5.35. The normalized spacial score (nSPS) is 22.5. The Balaban J connectivity index is 1.58. The van der Waals surface area contributed by atoms with Crippen molar-refractivity contribution in [2.45, 2.75) is 25.2 Å². The fourth-order valence-corrected chi connectivity index (χ4v) is 6.50. The van der Waals surface area contributed by atoms with Gasteiger partial charge in [0, 0.05) is 29.8 Å². The zero-order valence-corrected chi connectivity index (χ0v) is 21.0. The van der Waals surface area contributed by atoms with E-state index in [0.717, 1.165) is 52.2 Å². The molecule has 6 rings (SSSR count). The van der Waals surface area contributed by atoms with Gasteiger partial charge in [0.15, 0.2) is 5.78 Å². The van der Waals surface area contributed by atoms with Crippen molar-refractivity contribution in [2.24, 2.45) is 18.9 Å². The average molecular weight is 485 g/mol. The minimum Gasteiger partial charge on any atom is -0.399 e. The number of aromatic nitrogens is 2. The molecule has 2 unspecified atom stereocenters. The maximum Gasteiger partial charge on any atom is 0.176 e. The summed E-state index contributed by atoms with van der Waals surface area (Å²) >= 11 is 0. The number of nitrogens with zero attached hydrogens (tertiary/aromatic N) is 3. The van der Waals surface area contributed by atoms with Crippen molar-refractivity contribution in [3.63, 3.8) is 0 Å². The first kappa shape index (κ1) is 23.0. The van der Waals surface area contributed by atoms with E-state index in [2.05, 4.69) is 42.5 Å². The minimum atomic E-state index is -0.627. The number of carbonyl (C=O) groups is 1. The van der Waals surface area contributed by atoms with Gasteiger partial charge in [0.1, 0.15) is 6.07 Å². The maximum atomic E-state index is 13.1. The van der Waals surface area contributed by atoms with Crippen LogP contribution in [-0.2, 0) is 23.7 Å². The summed E-state index contributed by atoms with van der Waals surface area (Å²) in [5.41, 5.74) is 13.9. The van der Waals surface area contributed by atoms with Crippen LogP contribution in [0.1, 0.15) is 30.2 Å². The molecule has 37 heavy (non-hydrogen) atoms. The molecule has 4 aromatic rings. The van der Waals surface area contributed by atoms with Crippen LogP contribution in [0.25, 0.3) is 22.4 Å². The standard InChI is InChI=1S/C32H28N4O/c1-20-28-16-15-27-29(23-8-6-7-22(17-23)21-11-13-26(34)14-12-21)36(2)35-31(27)32(28,18-24(19-33)30(20)37)25-9-4-3-5-10-25/h3-14,17-18,20,28H,15-16,34H2,1-2H3/t20?,28?,32-/m1/s1. The number of benzene rings is 3. The van der Waals surface area contributed by atoms with Crippen LogP contribution in [0.2, 0.25) is 0 Å². The first-order valence-electron chi connectivity index (χ1n) is 12.7. The summed E-state index contributed by atoms with van der Waals surface area (Å²) in [6.45, 7) is 1.97. The molecule has 182 valence electrons. The Hall–Kier alpha value is -4.43. The zero-order valence-electron chi connectivity index (χ0n) is 21.0. The lowest BCUT2D eigenvalue weighted by Crippen LogP contribution is -2.48. The molecule has 0 saturated carbocycles. The minimum absolute atomic E-state index is 0.0378. The van der Waals surface area contributed by atoms with Gasteiger partial charge >= 0.3 is 0 Å². The number of nitrogens with two attached hydrogens (primary N) is 1. The van der Waals surface area contributed by atoms with E-state index in [4.69, 9.17) is 10.8 Å². The van der Waals surface area contributed by atoms with Crippen molar-refractivity contribution in [1.82, 2.24) is 9.78 Å². The second kappa shape index (κ2) is 8.60. The van der Waals surface area contributed by atoms with E-state index < -0.39 is 5.41 Å². The molecule has 2 aliphatic rings. The number of rotatable bonds is 3. The monoisotopic (exact) mass is 484 g/mol. The Labute approximate surface area is 216 Å². The first-order chi connectivity index (χ1) is 17.9. The van der Waals surface area contributed by atoms with Crippen LogP contribution in [-0.4, -0.2) is 15.6 Å². The predicted molar refractivity (Wildman–Crippen MR) is 145 cm³/mol. The van der Waals surface area contributed by atoms with E-state index in [0.29, 0.717) is 0 Å². The number of anilines is 1. The molecule has 5 nitrogen and oxygen atoms in total. The number of ketones is 1. The number of allylic oxidation sites excluding steroid dienone is 2.